The fourth-order valence-electron chi connectivity index (χ4n) is 3.78. The van der Waals surface area contributed by atoms with Crippen LogP contribution in [0.5, 0.6) is 0 Å². The lowest BCUT2D eigenvalue weighted by Gasteiger charge is -2.28. The molecule has 2 nitrogen and oxygen atoms in total. The van der Waals surface area contributed by atoms with E-state index in [0.717, 1.165) is 18.0 Å². The summed E-state index contributed by atoms with van der Waals surface area (Å²) in [6.07, 6.45) is 3.09. The van der Waals surface area contributed by atoms with Gasteiger partial charge in [0.1, 0.15) is 0 Å². The molecule has 1 saturated heterocycles. The van der Waals surface area contributed by atoms with E-state index in [4.69, 9.17) is 0 Å². The molecule has 1 aliphatic heterocycles. The number of hydrogen-bond donors (Lipinski definition) is 0. The average Bonchev–Trinajstić information content (AvgIpc) is 2.92. The number of carbonyl (C=O) groups excluding carboxylic acids is 1. The van der Waals surface area contributed by atoms with E-state index < -0.39 is 0 Å². The Labute approximate surface area is 101 Å². The summed E-state index contributed by atoms with van der Waals surface area (Å²) in [6, 6.07) is 6.27. The van der Waals surface area contributed by atoms with E-state index in [1.54, 1.807) is 0 Å². The van der Waals surface area contributed by atoms with Gasteiger partial charge in [-0.2, -0.15) is 0 Å². The van der Waals surface area contributed by atoms with Crippen LogP contribution in [0.1, 0.15) is 27.9 Å². The quantitative estimate of drug-likeness (QED) is 0.675. The normalized spacial score (nSPS) is 32.8. The fourth-order valence-corrected chi connectivity index (χ4v) is 3.78. The van der Waals surface area contributed by atoms with Gasteiger partial charge >= 0.3 is 0 Å². The molecule has 2 heteroatoms. The van der Waals surface area contributed by atoms with Crippen molar-refractivity contribution in [2.24, 2.45) is 5.92 Å². The summed E-state index contributed by atoms with van der Waals surface area (Å²) in [5.41, 5.74) is 4.92. The van der Waals surface area contributed by atoms with Crippen LogP contribution >= 0.6 is 0 Å². The van der Waals surface area contributed by atoms with Crippen LogP contribution in [0.4, 0.5) is 0 Å². The van der Waals surface area contributed by atoms with E-state index in [0.29, 0.717) is 0 Å². The Bertz CT molecular complexity index is 587. The molecule has 3 aliphatic rings. The molecule has 17 heavy (non-hydrogen) atoms. The summed E-state index contributed by atoms with van der Waals surface area (Å²) in [5, 5.41) is 0. The summed E-state index contributed by atoms with van der Waals surface area (Å²) in [5.74, 6) is 0.910. The van der Waals surface area contributed by atoms with Gasteiger partial charge in [0.2, 0.25) is 0 Å². The highest BCUT2D eigenvalue weighted by molar-refractivity contribution is 6.08. The molecule has 2 atom stereocenters. The van der Waals surface area contributed by atoms with Crippen molar-refractivity contribution in [1.29, 1.82) is 0 Å². The zero-order valence-electron chi connectivity index (χ0n) is 10.2. The molecule has 4 rings (SSSR count). The average molecular weight is 225 g/mol. The topological polar surface area (TPSA) is 20.3 Å². The molecular weight excluding hydrogens is 210 g/mol. The molecule has 1 aromatic rings. The summed E-state index contributed by atoms with van der Waals surface area (Å²) < 4.78 is 0. The second-order valence-electron chi connectivity index (χ2n) is 5.70. The van der Waals surface area contributed by atoms with Gasteiger partial charge in [-0.05, 0) is 24.8 Å². The molecule has 0 amide bonds. The number of carbonyl (C=O) groups is 1. The molecule has 2 unspecified atom stereocenters. The summed E-state index contributed by atoms with van der Waals surface area (Å²) in [6.45, 7) is 3.21. The summed E-state index contributed by atoms with van der Waals surface area (Å²) in [7, 11) is 2.10. The zero-order chi connectivity index (χ0) is 11.8. The molecule has 2 fully saturated rings. The number of rotatable bonds is 0. The van der Waals surface area contributed by atoms with E-state index in [9.17, 15) is 4.79 Å². The first-order valence-corrected chi connectivity index (χ1v) is 6.22. The van der Waals surface area contributed by atoms with Gasteiger partial charge in [0.15, 0.2) is 5.78 Å². The Morgan fingerprint density at radius 1 is 1.41 bits per heavy atom. The highest BCUT2D eigenvalue weighted by Crippen LogP contribution is 2.66. The van der Waals surface area contributed by atoms with Crippen LogP contribution in [0.2, 0.25) is 0 Å². The third kappa shape index (κ3) is 0.951. The number of likely N-dealkylation sites (tertiary alicyclic amines) is 1. The molecule has 0 radical (unpaired) electrons. The lowest BCUT2D eigenvalue weighted by Crippen LogP contribution is -2.26. The maximum atomic E-state index is 12.1. The summed E-state index contributed by atoms with van der Waals surface area (Å²) >= 11 is 0. The molecule has 0 N–H and O–H groups in total. The lowest BCUT2D eigenvalue weighted by atomic mass is 9.81. The molecule has 0 bridgehead atoms. The van der Waals surface area contributed by atoms with Crippen molar-refractivity contribution in [1.82, 2.24) is 4.90 Å². The Morgan fingerprint density at radius 3 is 3.06 bits per heavy atom. The van der Waals surface area contributed by atoms with E-state index in [1.807, 2.05) is 18.2 Å². The minimum atomic E-state index is 0.181. The molecule has 1 saturated carbocycles. The molecule has 1 heterocycles. The Hall–Kier alpha value is -1.57. The number of aryl methyl sites for hydroxylation is 1. The number of hydrogen-bond acceptors (Lipinski definition) is 2. The highest BCUT2D eigenvalue weighted by Gasteiger charge is 2.65. The van der Waals surface area contributed by atoms with Crippen LogP contribution < -0.4 is 0 Å². The maximum Gasteiger partial charge on any atom is 0.187 e. The number of nitrogens with zero attached hydrogens (tertiary/aromatic N) is 1. The number of allylic oxidation sites excluding steroid dienone is 2. The van der Waals surface area contributed by atoms with Gasteiger partial charge in [-0.1, -0.05) is 23.8 Å². The van der Waals surface area contributed by atoms with Gasteiger partial charge in [0, 0.05) is 36.3 Å². The van der Waals surface area contributed by atoms with Crippen LogP contribution in [0, 0.1) is 12.8 Å². The fraction of sp³-hybridized carbons (Fsp3) is 0.400. The van der Waals surface area contributed by atoms with Crippen LogP contribution in [-0.2, 0) is 5.41 Å². The van der Waals surface area contributed by atoms with E-state index in [-0.39, 0.29) is 11.2 Å². The van der Waals surface area contributed by atoms with Crippen molar-refractivity contribution in [3.63, 3.8) is 0 Å². The Kier molecular flexibility index (Phi) is 1.47. The second-order valence-corrected chi connectivity index (χ2v) is 5.70. The third-order valence-corrected chi connectivity index (χ3v) is 4.66. The van der Waals surface area contributed by atoms with Gasteiger partial charge in [-0.15, -0.1) is 0 Å². The highest BCUT2D eigenvalue weighted by atomic mass is 16.1. The first kappa shape index (κ1) is 9.46. The van der Waals surface area contributed by atoms with E-state index in [1.165, 1.54) is 23.2 Å². The molecular formula is C15H15NO. The van der Waals surface area contributed by atoms with Crippen molar-refractivity contribution in [3.8, 4) is 0 Å². The Balaban J connectivity index is 2.01. The first-order valence-electron chi connectivity index (χ1n) is 6.22. The number of fused-ring (bicyclic) bond motifs is 1. The van der Waals surface area contributed by atoms with E-state index >= 15 is 0 Å². The van der Waals surface area contributed by atoms with Gasteiger partial charge in [-0.3, -0.25) is 4.79 Å². The van der Waals surface area contributed by atoms with Crippen LogP contribution in [0.15, 0.2) is 30.0 Å². The van der Waals surface area contributed by atoms with Crippen LogP contribution in [0.25, 0.3) is 0 Å². The third-order valence-electron chi connectivity index (χ3n) is 4.66. The molecule has 1 aromatic carbocycles. The van der Waals surface area contributed by atoms with Gasteiger partial charge in [0.05, 0.1) is 0 Å². The van der Waals surface area contributed by atoms with E-state index in [2.05, 4.69) is 24.9 Å². The van der Waals surface area contributed by atoms with Crippen LogP contribution in [-0.4, -0.2) is 24.3 Å². The lowest BCUT2D eigenvalue weighted by molar-refractivity contribution is 0.103. The minimum Gasteiger partial charge on any atom is -0.377 e. The van der Waals surface area contributed by atoms with Crippen molar-refractivity contribution in [2.75, 3.05) is 13.6 Å². The number of ketones is 1. The van der Waals surface area contributed by atoms with Crippen molar-refractivity contribution in [3.05, 3.63) is 46.7 Å². The van der Waals surface area contributed by atoms with Crippen molar-refractivity contribution >= 4 is 5.78 Å². The smallest absolute Gasteiger partial charge is 0.187 e. The van der Waals surface area contributed by atoms with Gasteiger partial charge < -0.3 is 4.90 Å². The second kappa shape index (κ2) is 2.63. The number of piperidine rings is 1. The Morgan fingerprint density at radius 2 is 2.24 bits per heavy atom. The SMILES string of the molecule is Cc1ccc2c(c1)C13CC1CN(C)C3=CC2=O. The van der Waals surface area contributed by atoms with Gasteiger partial charge in [-0.25, -0.2) is 0 Å². The van der Waals surface area contributed by atoms with Gasteiger partial charge in [0.25, 0.3) is 0 Å². The molecule has 2 aliphatic carbocycles. The summed E-state index contributed by atoms with van der Waals surface area (Å²) in [4.78, 5) is 14.4. The molecule has 0 aromatic heterocycles. The van der Waals surface area contributed by atoms with Crippen molar-refractivity contribution < 1.29 is 4.79 Å². The standard InChI is InChI=1S/C15H15NO/c1-9-3-4-11-12(5-9)15-7-10(15)8-16(2)14(15)6-13(11)17/h3-6,10H,7-8H2,1-2H3. The zero-order valence-corrected chi connectivity index (χ0v) is 10.2. The minimum absolute atomic E-state index is 0.181. The van der Waals surface area contributed by atoms with Crippen molar-refractivity contribution in [2.45, 2.75) is 18.8 Å². The number of likely N-dealkylation sites (N-methyl/N-ethyl adjacent to an activating group) is 1. The molecule has 1 spiro atoms. The van der Waals surface area contributed by atoms with Crippen LogP contribution in [0.3, 0.4) is 0 Å². The number of benzene rings is 1. The maximum absolute atomic E-state index is 12.1. The molecule has 86 valence electrons. The first-order chi connectivity index (χ1) is 8.13. The monoisotopic (exact) mass is 225 g/mol. The largest absolute Gasteiger partial charge is 0.377 e. The predicted octanol–water partition coefficient (Wildman–Crippen LogP) is 2.28. The predicted molar refractivity (Wildman–Crippen MR) is 66.0 cm³/mol.